The average molecular weight is 431 g/mol. The van der Waals surface area contributed by atoms with E-state index in [-0.39, 0.29) is 11.9 Å². The van der Waals surface area contributed by atoms with Gasteiger partial charge in [0.15, 0.2) is 11.5 Å². The van der Waals surface area contributed by atoms with Gasteiger partial charge in [-0.05, 0) is 31.9 Å². The molecule has 1 N–H and O–H groups in total. The Kier molecular flexibility index (Phi) is 6.55. The Morgan fingerprint density at radius 2 is 2.00 bits per heavy atom. The Morgan fingerprint density at radius 3 is 2.67 bits per heavy atom. The zero-order valence-electron chi connectivity index (χ0n) is 17.9. The summed E-state index contributed by atoms with van der Waals surface area (Å²) < 4.78 is 11.0. The van der Waals surface area contributed by atoms with Crippen LogP contribution in [0.3, 0.4) is 0 Å². The van der Waals surface area contributed by atoms with Crippen molar-refractivity contribution in [3.63, 3.8) is 0 Å². The number of para-hydroxylation sites is 1. The SMILES string of the molecule is COc1cccc(-c2nc(CN3CCN(C(C)C(=O)NC4CC4)CC3)cs2)c1OC. The fraction of sp³-hybridized carbons (Fsp3) is 0.545. The van der Waals surface area contributed by atoms with Crippen LogP contribution in [0.15, 0.2) is 23.6 Å². The first-order valence-electron chi connectivity index (χ1n) is 10.5. The van der Waals surface area contributed by atoms with E-state index in [9.17, 15) is 4.79 Å². The Morgan fingerprint density at radius 1 is 1.23 bits per heavy atom. The highest BCUT2D eigenvalue weighted by Gasteiger charge is 2.30. The van der Waals surface area contributed by atoms with E-state index in [1.807, 2.05) is 25.1 Å². The van der Waals surface area contributed by atoms with E-state index in [4.69, 9.17) is 14.5 Å². The molecule has 2 fully saturated rings. The van der Waals surface area contributed by atoms with Crippen molar-refractivity contribution in [1.29, 1.82) is 0 Å². The third-order valence-corrected chi connectivity index (χ3v) is 6.75. The standard InChI is InChI=1S/C22H30N4O3S/c1-15(21(27)23-16-7-8-16)26-11-9-25(10-12-26)13-17-14-30-22(24-17)18-5-4-6-19(28-2)20(18)29-3/h4-6,14-16H,7-13H2,1-3H3,(H,23,27). The second-order valence-corrected chi connectivity index (χ2v) is 8.81. The Hall–Kier alpha value is -2.16. The minimum atomic E-state index is -0.0563. The molecule has 2 aromatic rings. The predicted molar refractivity (Wildman–Crippen MR) is 118 cm³/mol. The molecule has 0 bridgehead atoms. The molecular formula is C22H30N4O3S. The molecule has 1 saturated carbocycles. The number of aromatic nitrogens is 1. The fourth-order valence-corrected chi connectivity index (χ4v) is 4.64. The van der Waals surface area contributed by atoms with Crippen molar-refractivity contribution < 1.29 is 14.3 Å². The Bertz CT molecular complexity index is 875. The van der Waals surface area contributed by atoms with Crippen LogP contribution in [-0.2, 0) is 11.3 Å². The summed E-state index contributed by atoms with van der Waals surface area (Å²) in [4.78, 5) is 21.8. The quantitative estimate of drug-likeness (QED) is 0.695. The van der Waals surface area contributed by atoms with Gasteiger partial charge in [-0.25, -0.2) is 4.98 Å². The zero-order chi connectivity index (χ0) is 21.1. The largest absolute Gasteiger partial charge is 0.493 e. The number of thiazole rings is 1. The van der Waals surface area contributed by atoms with Crippen molar-refractivity contribution in [2.45, 2.75) is 38.4 Å². The molecule has 1 unspecified atom stereocenters. The summed E-state index contributed by atoms with van der Waals surface area (Å²) >= 11 is 1.62. The van der Waals surface area contributed by atoms with Crippen LogP contribution in [0.1, 0.15) is 25.5 Å². The summed E-state index contributed by atoms with van der Waals surface area (Å²) in [7, 11) is 3.30. The molecule has 4 rings (SSSR count). The number of hydrogen-bond donors (Lipinski definition) is 1. The second kappa shape index (κ2) is 9.32. The zero-order valence-corrected chi connectivity index (χ0v) is 18.7. The molecule has 1 amide bonds. The van der Waals surface area contributed by atoms with Gasteiger partial charge in [0.2, 0.25) is 5.91 Å². The number of piperazine rings is 1. The summed E-state index contributed by atoms with van der Waals surface area (Å²) in [6.45, 7) is 6.52. The summed E-state index contributed by atoms with van der Waals surface area (Å²) in [5, 5.41) is 6.17. The topological polar surface area (TPSA) is 66.9 Å². The number of benzene rings is 1. The number of rotatable bonds is 8. The first-order valence-corrected chi connectivity index (χ1v) is 11.4. The highest BCUT2D eigenvalue weighted by molar-refractivity contribution is 7.13. The molecule has 1 aliphatic heterocycles. The number of hydrogen-bond acceptors (Lipinski definition) is 7. The summed E-state index contributed by atoms with van der Waals surface area (Å²) in [5.41, 5.74) is 2.02. The monoisotopic (exact) mass is 430 g/mol. The van der Waals surface area contributed by atoms with Gasteiger partial charge in [0.25, 0.3) is 0 Å². The maximum absolute atomic E-state index is 12.3. The van der Waals surface area contributed by atoms with Gasteiger partial charge in [-0.2, -0.15) is 0 Å². The molecule has 162 valence electrons. The van der Waals surface area contributed by atoms with Crippen molar-refractivity contribution in [1.82, 2.24) is 20.1 Å². The van der Waals surface area contributed by atoms with Crippen LogP contribution >= 0.6 is 11.3 Å². The molecular weight excluding hydrogens is 400 g/mol. The first-order chi connectivity index (χ1) is 14.6. The van der Waals surface area contributed by atoms with Crippen LogP contribution in [0, 0.1) is 0 Å². The van der Waals surface area contributed by atoms with Crippen molar-refractivity contribution in [2.75, 3.05) is 40.4 Å². The van der Waals surface area contributed by atoms with Gasteiger partial charge in [0, 0.05) is 44.1 Å². The van der Waals surface area contributed by atoms with E-state index in [2.05, 4.69) is 20.5 Å². The molecule has 8 heteroatoms. The molecule has 1 saturated heterocycles. The van der Waals surface area contributed by atoms with Crippen LogP contribution in [0.25, 0.3) is 10.6 Å². The summed E-state index contributed by atoms with van der Waals surface area (Å²) in [5.74, 6) is 1.60. The number of methoxy groups -OCH3 is 2. The van der Waals surface area contributed by atoms with Crippen LogP contribution < -0.4 is 14.8 Å². The average Bonchev–Trinajstić information content (AvgIpc) is 3.47. The van der Waals surface area contributed by atoms with E-state index in [0.29, 0.717) is 17.5 Å². The highest BCUT2D eigenvalue weighted by Crippen LogP contribution is 2.39. The van der Waals surface area contributed by atoms with E-state index in [1.54, 1.807) is 25.6 Å². The van der Waals surface area contributed by atoms with E-state index < -0.39 is 0 Å². The van der Waals surface area contributed by atoms with Gasteiger partial charge >= 0.3 is 0 Å². The number of carbonyl (C=O) groups excluding carboxylic acids is 1. The third-order valence-electron chi connectivity index (χ3n) is 5.83. The fourth-order valence-electron chi connectivity index (χ4n) is 3.81. The molecule has 0 spiro atoms. The molecule has 30 heavy (non-hydrogen) atoms. The number of carbonyl (C=O) groups is 1. The normalized spacial score (nSPS) is 18.8. The summed E-state index contributed by atoms with van der Waals surface area (Å²) in [6.07, 6.45) is 2.26. The minimum absolute atomic E-state index is 0.0563. The van der Waals surface area contributed by atoms with Gasteiger partial charge in [-0.15, -0.1) is 11.3 Å². The predicted octanol–water partition coefficient (Wildman–Crippen LogP) is 2.61. The van der Waals surface area contributed by atoms with E-state index >= 15 is 0 Å². The molecule has 2 aliphatic rings. The second-order valence-electron chi connectivity index (χ2n) is 7.96. The molecule has 1 aromatic heterocycles. The van der Waals surface area contributed by atoms with Crippen LogP contribution in [0.2, 0.25) is 0 Å². The van der Waals surface area contributed by atoms with Gasteiger partial charge in [-0.3, -0.25) is 14.6 Å². The van der Waals surface area contributed by atoms with E-state index in [0.717, 1.165) is 61.8 Å². The number of nitrogens with zero attached hydrogens (tertiary/aromatic N) is 3. The smallest absolute Gasteiger partial charge is 0.237 e. The van der Waals surface area contributed by atoms with Crippen LogP contribution in [0.4, 0.5) is 0 Å². The molecule has 1 atom stereocenters. The maximum Gasteiger partial charge on any atom is 0.237 e. The lowest BCUT2D eigenvalue weighted by Gasteiger charge is -2.37. The van der Waals surface area contributed by atoms with Gasteiger partial charge in [0.1, 0.15) is 5.01 Å². The lowest BCUT2D eigenvalue weighted by atomic mass is 10.2. The van der Waals surface area contributed by atoms with Gasteiger partial charge in [0.05, 0.1) is 31.5 Å². The number of amides is 1. The molecule has 7 nitrogen and oxygen atoms in total. The third kappa shape index (κ3) is 4.77. The van der Waals surface area contributed by atoms with E-state index in [1.165, 1.54) is 0 Å². The van der Waals surface area contributed by atoms with Crippen LogP contribution in [0.5, 0.6) is 11.5 Å². The van der Waals surface area contributed by atoms with Gasteiger partial charge < -0.3 is 14.8 Å². The minimum Gasteiger partial charge on any atom is -0.493 e. The van der Waals surface area contributed by atoms with Crippen molar-refractivity contribution in [3.05, 3.63) is 29.3 Å². The molecule has 1 aliphatic carbocycles. The Labute approximate surface area is 182 Å². The lowest BCUT2D eigenvalue weighted by molar-refractivity contribution is -0.126. The molecule has 2 heterocycles. The number of ether oxygens (including phenoxy) is 2. The maximum atomic E-state index is 12.3. The van der Waals surface area contributed by atoms with Crippen molar-refractivity contribution in [3.8, 4) is 22.1 Å². The summed E-state index contributed by atoms with van der Waals surface area (Å²) in [6, 6.07) is 6.22. The van der Waals surface area contributed by atoms with Crippen LogP contribution in [-0.4, -0.2) is 73.2 Å². The van der Waals surface area contributed by atoms with Gasteiger partial charge in [-0.1, -0.05) is 6.07 Å². The Balaban J connectivity index is 1.33. The van der Waals surface area contributed by atoms with Crippen molar-refractivity contribution >= 4 is 17.2 Å². The highest BCUT2D eigenvalue weighted by atomic mass is 32.1. The first kappa shape index (κ1) is 21.1. The molecule has 0 radical (unpaired) electrons. The van der Waals surface area contributed by atoms with Crippen molar-refractivity contribution in [2.24, 2.45) is 0 Å². The number of nitrogens with one attached hydrogen (secondary N) is 1. The lowest BCUT2D eigenvalue weighted by Crippen LogP contribution is -2.53. The molecule has 1 aromatic carbocycles.